The van der Waals surface area contributed by atoms with E-state index in [-0.39, 0.29) is 0 Å². The number of hydrogen-bond donors (Lipinski definition) is 1. The lowest BCUT2D eigenvalue weighted by atomic mass is 10.2. The maximum atomic E-state index is 12.0. The van der Waals surface area contributed by atoms with Gasteiger partial charge in [-0.1, -0.05) is 24.3 Å². The van der Waals surface area contributed by atoms with Crippen LogP contribution in [0.4, 0.5) is 0 Å². The van der Waals surface area contributed by atoms with Crippen LogP contribution in [-0.2, 0) is 16.6 Å². The van der Waals surface area contributed by atoms with Crippen molar-refractivity contribution in [2.24, 2.45) is 0 Å². The highest BCUT2D eigenvalue weighted by molar-refractivity contribution is 7.89. The second-order valence-corrected chi connectivity index (χ2v) is 6.44. The zero-order valence-corrected chi connectivity index (χ0v) is 11.0. The van der Waals surface area contributed by atoms with Crippen LogP contribution in [0, 0.1) is 6.92 Å². The number of nitrogens with one attached hydrogen (secondary N) is 1. The van der Waals surface area contributed by atoms with E-state index in [4.69, 9.17) is 0 Å². The summed E-state index contributed by atoms with van der Waals surface area (Å²) in [4.78, 5) is 1.35. The van der Waals surface area contributed by atoms with Crippen LogP contribution in [0.3, 0.4) is 0 Å². The van der Waals surface area contributed by atoms with Gasteiger partial charge >= 0.3 is 0 Å². The molecule has 0 aliphatic heterocycles. The Morgan fingerprint density at radius 3 is 2.59 bits per heavy atom. The lowest BCUT2D eigenvalue weighted by Crippen LogP contribution is -2.23. The average molecular weight is 267 g/mol. The van der Waals surface area contributed by atoms with Gasteiger partial charge in [0, 0.05) is 11.4 Å². The normalized spacial score (nSPS) is 11.6. The molecule has 0 amide bonds. The van der Waals surface area contributed by atoms with Crippen LogP contribution in [-0.4, -0.2) is 8.42 Å². The molecular formula is C12H13NO2S2. The second-order valence-electron chi connectivity index (χ2n) is 3.67. The third-order valence-electron chi connectivity index (χ3n) is 2.40. The predicted octanol–water partition coefficient (Wildman–Crippen LogP) is 2.54. The van der Waals surface area contributed by atoms with E-state index < -0.39 is 10.0 Å². The van der Waals surface area contributed by atoms with E-state index in [1.165, 1.54) is 11.3 Å². The van der Waals surface area contributed by atoms with Crippen molar-refractivity contribution < 1.29 is 8.42 Å². The van der Waals surface area contributed by atoms with Crippen LogP contribution >= 0.6 is 11.3 Å². The Morgan fingerprint density at radius 2 is 1.94 bits per heavy atom. The SMILES string of the molecule is Cc1ccccc1S(=O)(=O)NCc1cccs1. The molecule has 1 N–H and O–H groups in total. The molecule has 1 heterocycles. The second kappa shape index (κ2) is 5.00. The molecule has 1 aromatic carbocycles. The summed E-state index contributed by atoms with van der Waals surface area (Å²) < 4.78 is 26.7. The Labute approximate surface area is 105 Å². The third kappa shape index (κ3) is 2.94. The molecule has 0 aliphatic carbocycles. The van der Waals surface area contributed by atoms with E-state index in [2.05, 4.69) is 4.72 Å². The first-order valence-corrected chi connectivity index (χ1v) is 7.53. The summed E-state index contributed by atoms with van der Waals surface area (Å²) in [5, 5.41) is 1.93. The zero-order chi connectivity index (χ0) is 12.3. The molecular weight excluding hydrogens is 254 g/mol. The highest BCUT2D eigenvalue weighted by Gasteiger charge is 2.15. The van der Waals surface area contributed by atoms with Crippen LogP contribution in [0.2, 0.25) is 0 Å². The summed E-state index contributed by atoms with van der Waals surface area (Å²) in [6.45, 7) is 2.13. The van der Waals surface area contributed by atoms with E-state index in [1.54, 1.807) is 25.1 Å². The standard InChI is InChI=1S/C12H13NO2S2/c1-10-5-2-3-7-12(10)17(14,15)13-9-11-6-4-8-16-11/h2-8,13H,9H2,1H3. The minimum atomic E-state index is -3.41. The monoisotopic (exact) mass is 267 g/mol. The van der Waals surface area contributed by atoms with Gasteiger partial charge in [-0.25, -0.2) is 13.1 Å². The molecule has 0 spiro atoms. The van der Waals surface area contributed by atoms with E-state index in [0.717, 1.165) is 10.4 Å². The quantitative estimate of drug-likeness (QED) is 0.925. The molecule has 0 aliphatic rings. The van der Waals surface area contributed by atoms with Crippen molar-refractivity contribution in [1.82, 2.24) is 4.72 Å². The highest BCUT2D eigenvalue weighted by Crippen LogP contribution is 2.15. The number of aryl methyl sites for hydroxylation is 1. The summed E-state index contributed by atoms with van der Waals surface area (Å²) >= 11 is 1.54. The maximum absolute atomic E-state index is 12.0. The zero-order valence-electron chi connectivity index (χ0n) is 9.38. The number of thiophene rings is 1. The Hall–Kier alpha value is -1.17. The highest BCUT2D eigenvalue weighted by atomic mass is 32.2. The van der Waals surface area contributed by atoms with Crippen molar-refractivity contribution in [2.75, 3.05) is 0 Å². The van der Waals surface area contributed by atoms with Gasteiger partial charge < -0.3 is 0 Å². The molecule has 5 heteroatoms. The van der Waals surface area contributed by atoms with Crippen LogP contribution in [0.25, 0.3) is 0 Å². The Bertz CT molecular complexity index is 589. The van der Waals surface area contributed by atoms with Gasteiger partial charge in [-0.15, -0.1) is 11.3 Å². The van der Waals surface area contributed by atoms with Crippen molar-refractivity contribution >= 4 is 21.4 Å². The van der Waals surface area contributed by atoms with E-state index >= 15 is 0 Å². The molecule has 3 nitrogen and oxygen atoms in total. The van der Waals surface area contributed by atoms with E-state index in [0.29, 0.717) is 11.4 Å². The first-order chi connectivity index (χ1) is 8.09. The van der Waals surface area contributed by atoms with Gasteiger partial charge in [-0.2, -0.15) is 0 Å². The van der Waals surface area contributed by atoms with Crippen LogP contribution in [0.15, 0.2) is 46.7 Å². The van der Waals surface area contributed by atoms with Crippen LogP contribution < -0.4 is 4.72 Å². The Kier molecular flexibility index (Phi) is 3.61. The van der Waals surface area contributed by atoms with Crippen molar-refractivity contribution in [3.8, 4) is 0 Å². The van der Waals surface area contributed by atoms with Crippen LogP contribution in [0.5, 0.6) is 0 Å². The van der Waals surface area contributed by atoms with Gasteiger partial charge in [0.2, 0.25) is 10.0 Å². The van der Waals surface area contributed by atoms with Crippen LogP contribution in [0.1, 0.15) is 10.4 Å². The minimum Gasteiger partial charge on any atom is -0.207 e. The fourth-order valence-electron chi connectivity index (χ4n) is 1.51. The molecule has 0 radical (unpaired) electrons. The summed E-state index contributed by atoms with van der Waals surface area (Å²) in [5.74, 6) is 0. The Morgan fingerprint density at radius 1 is 1.18 bits per heavy atom. The molecule has 2 aromatic rings. The molecule has 2 rings (SSSR count). The predicted molar refractivity (Wildman–Crippen MR) is 69.5 cm³/mol. The van der Waals surface area contributed by atoms with Crippen molar-refractivity contribution in [1.29, 1.82) is 0 Å². The fourth-order valence-corrected chi connectivity index (χ4v) is 3.50. The van der Waals surface area contributed by atoms with Crippen molar-refractivity contribution in [2.45, 2.75) is 18.4 Å². The molecule has 0 fully saturated rings. The number of hydrogen-bond acceptors (Lipinski definition) is 3. The maximum Gasteiger partial charge on any atom is 0.241 e. The molecule has 90 valence electrons. The van der Waals surface area contributed by atoms with E-state index in [1.807, 2.05) is 23.6 Å². The van der Waals surface area contributed by atoms with Gasteiger partial charge in [0.05, 0.1) is 4.90 Å². The van der Waals surface area contributed by atoms with Crippen molar-refractivity contribution in [3.05, 3.63) is 52.2 Å². The topological polar surface area (TPSA) is 46.2 Å². The summed E-state index contributed by atoms with van der Waals surface area (Å²) in [6, 6.07) is 10.8. The number of benzene rings is 1. The molecule has 0 unspecified atom stereocenters. The first-order valence-electron chi connectivity index (χ1n) is 5.17. The van der Waals surface area contributed by atoms with E-state index in [9.17, 15) is 8.42 Å². The van der Waals surface area contributed by atoms with Crippen molar-refractivity contribution in [3.63, 3.8) is 0 Å². The lowest BCUT2D eigenvalue weighted by molar-refractivity contribution is 0.581. The minimum absolute atomic E-state index is 0.342. The molecule has 1 aromatic heterocycles. The largest absolute Gasteiger partial charge is 0.241 e. The molecule has 0 saturated heterocycles. The summed E-state index contributed by atoms with van der Waals surface area (Å²) in [5.41, 5.74) is 0.756. The van der Waals surface area contributed by atoms with Gasteiger partial charge in [0.25, 0.3) is 0 Å². The summed E-state index contributed by atoms with van der Waals surface area (Å²) in [6.07, 6.45) is 0. The number of rotatable bonds is 4. The first kappa shape index (κ1) is 12.3. The summed E-state index contributed by atoms with van der Waals surface area (Å²) in [7, 11) is -3.41. The van der Waals surface area contributed by atoms with Gasteiger partial charge in [0.1, 0.15) is 0 Å². The third-order valence-corrected chi connectivity index (χ3v) is 4.84. The molecule has 0 bridgehead atoms. The van der Waals surface area contributed by atoms with Gasteiger partial charge in [-0.05, 0) is 30.0 Å². The number of sulfonamides is 1. The Balaban J connectivity index is 2.17. The van der Waals surface area contributed by atoms with Gasteiger partial charge in [-0.3, -0.25) is 0 Å². The smallest absolute Gasteiger partial charge is 0.207 e. The average Bonchev–Trinajstić information content (AvgIpc) is 2.80. The molecule has 0 saturated carbocycles. The fraction of sp³-hybridized carbons (Fsp3) is 0.167. The lowest BCUT2D eigenvalue weighted by Gasteiger charge is -2.07. The molecule has 0 atom stereocenters. The molecule has 17 heavy (non-hydrogen) atoms. The van der Waals surface area contributed by atoms with Gasteiger partial charge in [0.15, 0.2) is 0 Å².